The van der Waals surface area contributed by atoms with Crippen molar-refractivity contribution in [2.75, 3.05) is 31.6 Å². The van der Waals surface area contributed by atoms with Crippen LogP contribution in [0.5, 0.6) is 0 Å². The third kappa shape index (κ3) is 4.85. The zero-order valence-corrected chi connectivity index (χ0v) is 19.5. The van der Waals surface area contributed by atoms with Gasteiger partial charge in [0.05, 0.1) is 22.3 Å². The van der Waals surface area contributed by atoms with Crippen molar-refractivity contribution < 1.29 is 14.3 Å². The van der Waals surface area contributed by atoms with E-state index in [1.807, 2.05) is 41.8 Å². The number of ether oxygens (including phenoxy) is 1. The van der Waals surface area contributed by atoms with Gasteiger partial charge in [-0.15, -0.1) is 11.3 Å². The van der Waals surface area contributed by atoms with Crippen LogP contribution in [0.3, 0.4) is 0 Å². The topological polar surface area (TPSA) is 88.8 Å². The molecule has 174 valence electrons. The van der Waals surface area contributed by atoms with Gasteiger partial charge in [-0.05, 0) is 55.6 Å². The molecular formula is C25H25N5O3S. The number of thiophene rings is 1. The minimum Gasteiger partial charge on any atom is -0.448 e. The summed E-state index contributed by atoms with van der Waals surface area (Å²) in [5.41, 5.74) is 3.16. The quantitative estimate of drug-likeness (QED) is 0.389. The highest BCUT2D eigenvalue weighted by Crippen LogP contribution is 2.25. The van der Waals surface area contributed by atoms with Gasteiger partial charge in [0.2, 0.25) is 5.78 Å². The highest BCUT2D eigenvalue weighted by Gasteiger charge is 2.18. The van der Waals surface area contributed by atoms with Crippen LogP contribution >= 0.6 is 11.3 Å². The number of hydrogen-bond donors (Lipinski definition) is 1. The number of nitrogens with zero attached hydrogens (tertiary/aromatic N) is 4. The maximum absolute atomic E-state index is 12.8. The van der Waals surface area contributed by atoms with Gasteiger partial charge in [-0.25, -0.2) is 14.3 Å². The van der Waals surface area contributed by atoms with E-state index in [2.05, 4.69) is 20.3 Å². The van der Waals surface area contributed by atoms with Crippen LogP contribution in [0.2, 0.25) is 0 Å². The number of rotatable bonds is 7. The summed E-state index contributed by atoms with van der Waals surface area (Å²) in [6.45, 7) is 3.27. The predicted octanol–water partition coefficient (Wildman–Crippen LogP) is 4.72. The molecule has 0 radical (unpaired) electrons. The molecule has 0 aliphatic carbocycles. The lowest BCUT2D eigenvalue weighted by Gasteiger charge is -2.25. The summed E-state index contributed by atoms with van der Waals surface area (Å²) in [5.74, 6) is -0.0997. The van der Waals surface area contributed by atoms with Crippen molar-refractivity contribution >= 4 is 34.5 Å². The molecule has 1 saturated heterocycles. The maximum Gasteiger partial charge on any atom is 0.411 e. The lowest BCUT2D eigenvalue weighted by Crippen LogP contribution is -2.33. The van der Waals surface area contributed by atoms with Crippen LogP contribution in [0.25, 0.3) is 16.9 Å². The van der Waals surface area contributed by atoms with E-state index in [-0.39, 0.29) is 5.78 Å². The molecule has 4 heterocycles. The smallest absolute Gasteiger partial charge is 0.411 e. The molecule has 9 heteroatoms. The van der Waals surface area contributed by atoms with E-state index >= 15 is 0 Å². The SMILES string of the molecule is O=C(Nc1cccc(-c2ccnc3c(C(=O)c4cccs4)cnn23)c1)OCCN1CCCCC1. The number of fused-ring (bicyclic) bond motifs is 1. The Morgan fingerprint density at radius 3 is 2.79 bits per heavy atom. The average molecular weight is 476 g/mol. The molecule has 1 aromatic carbocycles. The predicted molar refractivity (Wildman–Crippen MR) is 131 cm³/mol. The number of carbonyl (C=O) groups excluding carboxylic acids is 2. The molecule has 0 unspecified atom stereocenters. The Morgan fingerprint density at radius 2 is 1.97 bits per heavy atom. The van der Waals surface area contributed by atoms with E-state index in [1.165, 1.54) is 30.6 Å². The maximum atomic E-state index is 12.8. The minimum atomic E-state index is -0.475. The summed E-state index contributed by atoms with van der Waals surface area (Å²) in [5, 5.41) is 9.09. The number of benzene rings is 1. The number of ketones is 1. The first-order valence-electron chi connectivity index (χ1n) is 11.4. The summed E-state index contributed by atoms with van der Waals surface area (Å²) >= 11 is 1.39. The fourth-order valence-electron chi connectivity index (χ4n) is 4.17. The van der Waals surface area contributed by atoms with Crippen molar-refractivity contribution in [2.24, 2.45) is 0 Å². The first-order valence-corrected chi connectivity index (χ1v) is 12.2. The second-order valence-electron chi connectivity index (χ2n) is 8.17. The zero-order valence-electron chi connectivity index (χ0n) is 18.6. The summed E-state index contributed by atoms with van der Waals surface area (Å²) < 4.78 is 7.02. The highest BCUT2D eigenvalue weighted by atomic mass is 32.1. The molecule has 0 atom stereocenters. The first-order chi connectivity index (χ1) is 16.7. The van der Waals surface area contributed by atoms with Crippen LogP contribution in [-0.4, -0.2) is 57.6 Å². The fraction of sp³-hybridized carbons (Fsp3) is 0.280. The van der Waals surface area contributed by atoms with E-state index in [0.29, 0.717) is 28.4 Å². The molecule has 1 aliphatic rings. The minimum absolute atomic E-state index is 0.0997. The van der Waals surface area contributed by atoms with Gasteiger partial charge in [0, 0.05) is 24.0 Å². The summed E-state index contributed by atoms with van der Waals surface area (Å²) in [7, 11) is 0. The largest absolute Gasteiger partial charge is 0.448 e. The van der Waals surface area contributed by atoms with Crippen molar-refractivity contribution in [2.45, 2.75) is 19.3 Å². The van der Waals surface area contributed by atoms with E-state index in [0.717, 1.165) is 30.9 Å². The molecule has 1 amide bonds. The molecule has 4 aromatic rings. The average Bonchev–Trinajstić information content (AvgIpc) is 3.55. The van der Waals surface area contributed by atoms with Gasteiger partial charge in [-0.2, -0.15) is 5.10 Å². The van der Waals surface area contributed by atoms with E-state index in [1.54, 1.807) is 23.0 Å². The molecule has 0 spiro atoms. The highest BCUT2D eigenvalue weighted by molar-refractivity contribution is 7.12. The lowest BCUT2D eigenvalue weighted by molar-refractivity contribution is 0.104. The van der Waals surface area contributed by atoms with Gasteiger partial charge in [-0.3, -0.25) is 15.0 Å². The van der Waals surface area contributed by atoms with Crippen molar-refractivity contribution in [3.05, 3.63) is 70.7 Å². The van der Waals surface area contributed by atoms with Crippen molar-refractivity contribution in [1.82, 2.24) is 19.5 Å². The summed E-state index contributed by atoms with van der Waals surface area (Å²) in [6, 6.07) is 12.9. The van der Waals surface area contributed by atoms with Crippen LogP contribution in [0.15, 0.2) is 60.2 Å². The molecule has 3 aromatic heterocycles. The van der Waals surface area contributed by atoms with E-state index in [9.17, 15) is 9.59 Å². The standard InChI is InChI=1S/C25H25N5O3S/c31-23(22-8-5-15-34-22)20-17-27-30-21(9-10-26-24(20)30)18-6-4-7-19(16-18)28-25(32)33-14-13-29-11-2-1-3-12-29/h4-10,15-17H,1-3,11-14H2,(H,28,32). The van der Waals surface area contributed by atoms with Crippen molar-refractivity contribution in [3.8, 4) is 11.3 Å². The number of carbonyl (C=O) groups is 2. The molecule has 1 N–H and O–H groups in total. The number of piperidine rings is 1. The molecule has 0 bridgehead atoms. The Hall–Kier alpha value is -3.56. The van der Waals surface area contributed by atoms with Gasteiger partial charge in [-0.1, -0.05) is 24.6 Å². The third-order valence-electron chi connectivity index (χ3n) is 5.88. The van der Waals surface area contributed by atoms with Crippen LogP contribution in [0.1, 0.15) is 34.5 Å². The first kappa shape index (κ1) is 22.2. The molecule has 8 nitrogen and oxygen atoms in total. The second-order valence-corrected chi connectivity index (χ2v) is 9.12. The molecular weight excluding hydrogens is 450 g/mol. The van der Waals surface area contributed by atoms with E-state index < -0.39 is 6.09 Å². The van der Waals surface area contributed by atoms with Crippen molar-refractivity contribution in [1.29, 1.82) is 0 Å². The normalized spacial score (nSPS) is 14.2. The number of aromatic nitrogens is 3. The number of anilines is 1. The Labute approximate surface area is 201 Å². The molecule has 1 aliphatic heterocycles. The molecule has 34 heavy (non-hydrogen) atoms. The Morgan fingerprint density at radius 1 is 1.09 bits per heavy atom. The Balaban J connectivity index is 1.29. The third-order valence-corrected chi connectivity index (χ3v) is 6.75. The summed E-state index contributed by atoms with van der Waals surface area (Å²) in [4.78, 5) is 32.5. The zero-order chi connectivity index (χ0) is 23.3. The van der Waals surface area contributed by atoms with Crippen molar-refractivity contribution in [3.63, 3.8) is 0 Å². The fourth-order valence-corrected chi connectivity index (χ4v) is 4.85. The van der Waals surface area contributed by atoms with Crippen LogP contribution in [0, 0.1) is 0 Å². The van der Waals surface area contributed by atoms with Gasteiger partial charge in [0.1, 0.15) is 6.61 Å². The second kappa shape index (κ2) is 10.1. The number of amides is 1. The lowest BCUT2D eigenvalue weighted by atomic mass is 10.1. The monoisotopic (exact) mass is 475 g/mol. The summed E-state index contributed by atoms with van der Waals surface area (Å²) in [6.07, 6.45) is 6.44. The van der Waals surface area contributed by atoms with Crippen LogP contribution < -0.4 is 5.32 Å². The van der Waals surface area contributed by atoms with E-state index in [4.69, 9.17) is 4.74 Å². The Bertz CT molecular complexity index is 1300. The van der Waals surface area contributed by atoms with Gasteiger partial charge >= 0.3 is 6.09 Å². The Kier molecular flexibility index (Phi) is 6.64. The number of likely N-dealkylation sites (tertiary alicyclic amines) is 1. The molecule has 0 saturated carbocycles. The number of nitrogens with one attached hydrogen (secondary N) is 1. The molecule has 5 rings (SSSR count). The van der Waals surface area contributed by atoms with Crippen LogP contribution in [0.4, 0.5) is 10.5 Å². The van der Waals surface area contributed by atoms with Crippen LogP contribution in [-0.2, 0) is 4.74 Å². The molecule has 1 fully saturated rings. The number of hydrogen-bond acceptors (Lipinski definition) is 7. The van der Waals surface area contributed by atoms with Gasteiger partial charge in [0.25, 0.3) is 0 Å². The van der Waals surface area contributed by atoms with Gasteiger partial charge in [0.15, 0.2) is 5.65 Å². The van der Waals surface area contributed by atoms with Gasteiger partial charge < -0.3 is 4.74 Å².